The summed E-state index contributed by atoms with van der Waals surface area (Å²) in [5, 5.41) is 6.09. The number of carbonyl (C=O) groups is 1. The Labute approximate surface area is 120 Å². The van der Waals surface area contributed by atoms with E-state index in [2.05, 4.69) is 5.10 Å². The van der Waals surface area contributed by atoms with Gasteiger partial charge in [-0.15, -0.1) is 0 Å². The Morgan fingerprint density at radius 1 is 1.10 bits per heavy atom. The van der Waals surface area contributed by atoms with Gasteiger partial charge in [-0.3, -0.25) is 4.79 Å². The predicted octanol–water partition coefficient (Wildman–Crippen LogP) is 4.14. The summed E-state index contributed by atoms with van der Waals surface area (Å²) in [6.07, 6.45) is 9.58. The zero-order valence-electron chi connectivity index (χ0n) is 11.9. The minimum Gasteiger partial charge on any atom is -0.272 e. The van der Waals surface area contributed by atoms with Crippen LogP contribution in [0.3, 0.4) is 0 Å². The molecule has 1 aromatic carbocycles. The van der Waals surface area contributed by atoms with Crippen molar-refractivity contribution in [3.05, 3.63) is 30.3 Å². The van der Waals surface area contributed by atoms with Crippen LogP contribution in [0.5, 0.6) is 0 Å². The number of para-hydroxylation sites is 1. The van der Waals surface area contributed by atoms with Crippen LogP contribution in [0.2, 0.25) is 0 Å². The maximum absolute atomic E-state index is 12.0. The molecule has 1 fully saturated rings. The van der Waals surface area contributed by atoms with E-state index >= 15 is 0 Å². The molecule has 0 spiro atoms. The summed E-state index contributed by atoms with van der Waals surface area (Å²) in [6.45, 7) is 0. The molecule has 0 saturated heterocycles. The van der Waals surface area contributed by atoms with Crippen LogP contribution in [0, 0.1) is 5.92 Å². The molecule has 3 rings (SSSR count). The Morgan fingerprint density at radius 3 is 2.60 bits per heavy atom. The number of hydrogen-bond acceptors (Lipinski definition) is 2. The van der Waals surface area contributed by atoms with Crippen molar-refractivity contribution in [1.82, 2.24) is 0 Å². The van der Waals surface area contributed by atoms with E-state index in [-0.39, 0.29) is 5.91 Å². The van der Waals surface area contributed by atoms with Gasteiger partial charge >= 0.3 is 0 Å². The average Bonchev–Trinajstić information content (AvgIpc) is 2.88. The number of nitrogens with zero attached hydrogens (tertiary/aromatic N) is 2. The van der Waals surface area contributed by atoms with Crippen LogP contribution in [-0.2, 0) is 4.79 Å². The van der Waals surface area contributed by atoms with Gasteiger partial charge in [0.2, 0.25) is 0 Å². The van der Waals surface area contributed by atoms with Crippen molar-refractivity contribution in [3.63, 3.8) is 0 Å². The van der Waals surface area contributed by atoms with E-state index in [1.54, 1.807) is 5.01 Å². The summed E-state index contributed by atoms with van der Waals surface area (Å²) in [5.41, 5.74) is 1.94. The minimum atomic E-state index is 0.106. The van der Waals surface area contributed by atoms with Crippen LogP contribution < -0.4 is 5.01 Å². The van der Waals surface area contributed by atoms with Crippen molar-refractivity contribution in [2.24, 2.45) is 11.0 Å². The third-order valence-corrected chi connectivity index (χ3v) is 4.40. The largest absolute Gasteiger partial charge is 0.272 e. The fraction of sp³-hybridized carbons (Fsp3) is 0.529. The molecule has 1 aliphatic heterocycles. The molecule has 20 heavy (non-hydrogen) atoms. The van der Waals surface area contributed by atoms with E-state index in [1.807, 2.05) is 30.3 Å². The fourth-order valence-electron chi connectivity index (χ4n) is 3.24. The van der Waals surface area contributed by atoms with Crippen molar-refractivity contribution in [2.45, 2.75) is 51.4 Å². The first-order valence-corrected chi connectivity index (χ1v) is 7.77. The first-order chi connectivity index (χ1) is 9.83. The maximum atomic E-state index is 12.0. The van der Waals surface area contributed by atoms with Crippen molar-refractivity contribution in [2.75, 3.05) is 5.01 Å². The zero-order valence-corrected chi connectivity index (χ0v) is 11.9. The van der Waals surface area contributed by atoms with Gasteiger partial charge in [-0.1, -0.05) is 50.3 Å². The Kier molecular flexibility index (Phi) is 4.14. The molecule has 1 aromatic rings. The summed E-state index contributed by atoms with van der Waals surface area (Å²) >= 11 is 0. The SMILES string of the molecule is O=C1CC(CCC2CCCCC2)=NN1c1ccccc1. The van der Waals surface area contributed by atoms with Gasteiger partial charge in [-0.25, -0.2) is 5.01 Å². The van der Waals surface area contributed by atoms with Gasteiger partial charge in [-0.05, 0) is 30.9 Å². The van der Waals surface area contributed by atoms with Crippen LogP contribution in [0.15, 0.2) is 35.4 Å². The molecule has 3 heteroatoms. The molecule has 1 saturated carbocycles. The van der Waals surface area contributed by atoms with Crippen molar-refractivity contribution < 1.29 is 4.79 Å². The molecule has 106 valence electrons. The number of carbonyl (C=O) groups excluding carboxylic acids is 1. The topological polar surface area (TPSA) is 32.7 Å². The van der Waals surface area contributed by atoms with Crippen molar-refractivity contribution >= 4 is 17.3 Å². The molecular weight excluding hydrogens is 248 g/mol. The van der Waals surface area contributed by atoms with Gasteiger partial charge < -0.3 is 0 Å². The standard InChI is InChI=1S/C17H22N2O/c20-17-13-15(12-11-14-7-3-1-4-8-14)18-19(17)16-9-5-2-6-10-16/h2,5-6,9-10,14H,1,3-4,7-8,11-13H2. The average molecular weight is 270 g/mol. The summed E-state index contributed by atoms with van der Waals surface area (Å²) in [7, 11) is 0. The molecule has 0 radical (unpaired) electrons. The lowest BCUT2D eigenvalue weighted by molar-refractivity contribution is -0.116. The Morgan fingerprint density at radius 2 is 1.85 bits per heavy atom. The smallest absolute Gasteiger partial charge is 0.253 e. The molecule has 0 bridgehead atoms. The van der Waals surface area contributed by atoms with Crippen LogP contribution in [-0.4, -0.2) is 11.6 Å². The van der Waals surface area contributed by atoms with E-state index in [9.17, 15) is 4.79 Å². The fourth-order valence-corrected chi connectivity index (χ4v) is 3.24. The number of hydrogen-bond donors (Lipinski definition) is 0. The highest BCUT2D eigenvalue weighted by Gasteiger charge is 2.25. The monoisotopic (exact) mass is 270 g/mol. The Balaban J connectivity index is 1.59. The Bertz CT molecular complexity index is 489. The highest BCUT2D eigenvalue weighted by atomic mass is 16.2. The van der Waals surface area contributed by atoms with Gasteiger partial charge in [0.1, 0.15) is 0 Å². The highest BCUT2D eigenvalue weighted by molar-refractivity contribution is 6.12. The number of amides is 1. The van der Waals surface area contributed by atoms with Crippen LogP contribution >= 0.6 is 0 Å². The van der Waals surface area contributed by atoms with Gasteiger partial charge in [0, 0.05) is 5.71 Å². The second kappa shape index (κ2) is 6.21. The normalized spacial score (nSPS) is 20.3. The molecule has 0 unspecified atom stereocenters. The van der Waals surface area contributed by atoms with Crippen LogP contribution in [0.4, 0.5) is 5.69 Å². The number of rotatable bonds is 4. The highest BCUT2D eigenvalue weighted by Crippen LogP contribution is 2.29. The zero-order chi connectivity index (χ0) is 13.8. The lowest BCUT2D eigenvalue weighted by Crippen LogP contribution is -2.19. The van der Waals surface area contributed by atoms with E-state index in [4.69, 9.17) is 0 Å². The van der Waals surface area contributed by atoms with Gasteiger partial charge in [-0.2, -0.15) is 5.10 Å². The summed E-state index contributed by atoms with van der Waals surface area (Å²) in [4.78, 5) is 12.0. The van der Waals surface area contributed by atoms with Gasteiger partial charge in [0.25, 0.3) is 5.91 Å². The lowest BCUT2D eigenvalue weighted by atomic mass is 9.85. The molecule has 2 aliphatic rings. The molecule has 0 atom stereocenters. The first-order valence-electron chi connectivity index (χ1n) is 7.77. The minimum absolute atomic E-state index is 0.106. The summed E-state index contributed by atoms with van der Waals surface area (Å²) in [5.74, 6) is 0.960. The van der Waals surface area contributed by atoms with Crippen LogP contribution in [0.1, 0.15) is 51.4 Å². The predicted molar refractivity (Wildman–Crippen MR) is 81.8 cm³/mol. The second-order valence-electron chi connectivity index (χ2n) is 5.93. The van der Waals surface area contributed by atoms with Crippen molar-refractivity contribution in [3.8, 4) is 0 Å². The first kappa shape index (κ1) is 13.3. The number of benzene rings is 1. The second-order valence-corrected chi connectivity index (χ2v) is 5.93. The van der Waals surface area contributed by atoms with Crippen LogP contribution in [0.25, 0.3) is 0 Å². The lowest BCUT2D eigenvalue weighted by Gasteiger charge is -2.20. The molecule has 0 aromatic heterocycles. The van der Waals surface area contributed by atoms with E-state index in [0.717, 1.165) is 23.7 Å². The van der Waals surface area contributed by atoms with Crippen molar-refractivity contribution in [1.29, 1.82) is 0 Å². The van der Waals surface area contributed by atoms with E-state index in [0.29, 0.717) is 6.42 Å². The molecule has 3 nitrogen and oxygen atoms in total. The molecule has 1 aliphatic carbocycles. The number of anilines is 1. The summed E-state index contributed by atoms with van der Waals surface area (Å²) < 4.78 is 0. The third-order valence-electron chi connectivity index (χ3n) is 4.40. The van der Waals surface area contributed by atoms with E-state index < -0.39 is 0 Å². The molecule has 0 N–H and O–H groups in total. The molecular formula is C17H22N2O. The quantitative estimate of drug-likeness (QED) is 0.809. The number of hydrazone groups is 1. The van der Waals surface area contributed by atoms with Gasteiger partial charge in [0.15, 0.2) is 0 Å². The molecule has 1 amide bonds. The molecule has 1 heterocycles. The Hall–Kier alpha value is -1.64. The third kappa shape index (κ3) is 3.09. The van der Waals surface area contributed by atoms with E-state index in [1.165, 1.54) is 38.5 Å². The van der Waals surface area contributed by atoms with Gasteiger partial charge in [0.05, 0.1) is 12.1 Å². The summed E-state index contributed by atoms with van der Waals surface area (Å²) in [6, 6.07) is 9.71. The maximum Gasteiger partial charge on any atom is 0.253 e.